The highest BCUT2D eigenvalue weighted by Crippen LogP contribution is 2.12. The van der Waals surface area contributed by atoms with Crippen LogP contribution >= 0.6 is 0 Å². The van der Waals surface area contributed by atoms with E-state index in [2.05, 4.69) is 20.6 Å². The van der Waals surface area contributed by atoms with Gasteiger partial charge in [0.15, 0.2) is 0 Å². The molecule has 2 aromatic heterocycles. The molecule has 0 aliphatic rings. The number of hydrogen-bond acceptors (Lipinski definition) is 6. The Labute approximate surface area is 173 Å². The first-order valence-corrected chi connectivity index (χ1v) is 9.36. The second-order valence-electron chi connectivity index (χ2n) is 6.38. The Morgan fingerprint density at radius 1 is 1.10 bits per heavy atom. The largest absolute Gasteiger partial charge is 0.475 e. The van der Waals surface area contributed by atoms with Crippen LogP contribution in [0.25, 0.3) is 0 Å². The van der Waals surface area contributed by atoms with Gasteiger partial charge in [-0.1, -0.05) is 18.2 Å². The van der Waals surface area contributed by atoms with Crippen molar-refractivity contribution in [1.29, 1.82) is 0 Å². The third-order valence-corrected chi connectivity index (χ3v) is 4.11. The molecule has 3 rings (SSSR count). The molecule has 0 saturated carbocycles. The molecule has 156 valence electrons. The van der Waals surface area contributed by atoms with Crippen LogP contribution in [0.15, 0.2) is 65.8 Å². The molecule has 0 spiro atoms. The molecule has 9 heteroatoms. The fourth-order valence-electron chi connectivity index (χ4n) is 2.64. The molecule has 0 saturated heterocycles. The van der Waals surface area contributed by atoms with E-state index in [4.69, 9.17) is 9.47 Å². The number of nitrogens with one attached hydrogen (secondary N) is 2. The predicted molar refractivity (Wildman–Crippen MR) is 112 cm³/mol. The number of amides is 2. The molecule has 2 amide bonds. The maximum Gasteiger partial charge on any atom is 0.347 e. The van der Waals surface area contributed by atoms with Gasteiger partial charge in [0.05, 0.1) is 13.2 Å². The van der Waals surface area contributed by atoms with Gasteiger partial charge in [-0.05, 0) is 29.3 Å². The molecular weight excluding hydrogens is 386 g/mol. The van der Waals surface area contributed by atoms with E-state index in [1.165, 1.54) is 10.8 Å². The number of ether oxygens (including phenoxy) is 2. The number of carbonyl (C=O) groups excluding carboxylic acids is 1. The van der Waals surface area contributed by atoms with Crippen molar-refractivity contribution in [3.05, 3.63) is 82.7 Å². The highest BCUT2D eigenvalue weighted by molar-refractivity contribution is 5.89. The van der Waals surface area contributed by atoms with Crippen molar-refractivity contribution in [3.63, 3.8) is 0 Å². The zero-order valence-corrected chi connectivity index (χ0v) is 16.6. The summed E-state index contributed by atoms with van der Waals surface area (Å²) in [6.45, 7) is 1.61. The minimum Gasteiger partial charge on any atom is -0.475 e. The van der Waals surface area contributed by atoms with Crippen molar-refractivity contribution in [2.24, 2.45) is 0 Å². The molecule has 3 aromatic rings. The Morgan fingerprint density at radius 3 is 2.77 bits per heavy atom. The van der Waals surface area contributed by atoms with E-state index < -0.39 is 0 Å². The SMILES string of the molecule is COCCOc1ccc(CNC(=O)Nc2cccc(Cn3cccnc3=O)c2)cn1. The first kappa shape index (κ1) is 21.0. The van der Waals surface area contributed by atoms with Crippen LogP contribution in [-0.2, 0) is 17.8 Å². The van der Waals surface area contributed by atoms with Crippen molar-refractivity contribution >= 4 is 11.7 Å². The lowest BCUT2D eigenvalue weighted by Gasteiger charge is -2.10. The molecule has 0 fully saturated rings. The smallest absolute Gasteiger partial charge is 0.347 e. The van der Waals surface area contributed by atoms with E-state index in [1.54, 1.807) is 37.7 Å². The lowest BCUT2D eigenvalue weighted by atomic mass is 10.2. The average Bonchev–Trinajstić information content (AvgIpc) is 2.75. The highest BCUT2D eigenvalue weighted by atomic mass is 16.5. The van der Waals surface area contributed by atoms with Crippen LogP contribution in [0.1, 0.15) is 11.1 Å². The summed E-state index contributed by atoms with van der Waals surface area (Å²) in [5, 5.41) is 5.57. The molecule has 0 bridgehead atoms. The number of nitrogens with zero attached hydrogens (tertiary/aromatic N) is 3. The third-order valence-electron chi connectivity index (χ3n) is 4.11. The number of urea groups is 1. The summed E-state index contributed by atoms with van der Waals surface area (Å²) < 4.78 is 11.8. The fourth-order valence-corrected chi connectivity index (χ4v) is 2.64. The van der Waals surface area contributed by atoms with Gasteiger partial charge in [0.25, 0.3) is 0 Å². The maximum absolute atomic E-state index is 12.2. The first-order chi connectivity index (χ1) is 14.6. The number of methoxy groups -OCH3 is 1. The topological polar surface area (TPSA) is 107 Å². The van der Waals surface area contributed by atoms with E-state index >= 15 is 0 Å². The molecule has 2 heterocycles. The monoisotopic (exact) mass is 409 g/mol. The van der Waals surface area contributed by atoms with Crippen molar-refractivity contribution in [3.8, 4) is 5.88 Å². The van der Waals surface area contributed by atoms with Gasteiger partial charge in [0.1, 0.15) is 6.61 Å². The number of rotatable bonds is 9. The van der Waals surface area contributed by atoms with Gasteiger partial charge < -0.3 is 20.1 Å². The average molecular weight is 409 g/mol. The second kappa shape index (κ2) is 10.7. The van der Waals surface area contributed by atoms with Gasteiger partial charge in [-0.25, -0.2) is 19.6 Å². The molecule has 0 unspecified atom stereocenters. The van der Waals surface area contributed by atoms with E-state index in [1.807, 2.05) is 24.3 Å². The summed E-state index contributed by atoms with van der Waals surface area (Å²) in [5.41, 5.74) is 2.02. The van der Waals surface area contributed by atoms with Gasteiger partial charge in [0, 0.05) is 44.0 Å². The van der Waals surface area contributed by atoms with E-state index in [9.17, 15) is 9.59 Å². The minimum atomic E-state index is -0.342. The molecule has 0 radical (unpaired) electrons. The Bertz CT molecular complexity index is 1020. The molecule has 0 aliphatic carbocycles. The number of anilines is 1. The van der Waals surface area contributed by atoms with Gasteiger partial charge in [-0.2, -0.15) is 0 Å². The molecule has 0 atom stereocenters. The van der Waals surface area contributed by atoms with Gasteiger partial charge in [-0.15, -0.1) is 0 Å². The van der Waals surface area contributed by atoms with Crippen LogP contribution in [0.4, 0.5) is 10.5 Å². The predicted octanol–water partition coefficient (Wildman–Crippen LogP) is 2.03. The molecule has 9 nitrogen and oxygen atoms in total. The quantitative estimate of drug-likeness (QED) is 0.524. The normalized spacial score (nSPS) is 10.4. The van der Waals surface area contributed by atoms with Crippen molar-refractivity contribution < 1.29 is 14.3 Å². The highest BCUT2D eigenvalue weighted by Gasteiger charge is 2.05. The minimum absolute atomic E-state index is 0.321. The fraction of sp³-hybridized carbons (Fsp3) is 0.238. The lowest BCUT2D eigenvalue weighted by molar-refractivity contribution is 0.143. The first-order valence-electron chi connectivity index (χ1n) is 9.36. The van der Waals surface area contributed by atoms with E-state index in [-0.39, 0.29) is 11.7 Å². The van der Waals surface area contributed by atoms with Gasteiger partial charge >= 0.3 is 11.7 Å². The summed E-state index contributed by atoms with van der Waals surface area (Å²) in [6.07, 6.45) is 4.78. The summed E-state index contributed by atoms with van der Waals surface area (Å²) in [5.74, 6) is 0.504. The van der Waals surface area contributed by atoms with Crippen LogP contribution in [-0.4, -0.2) is 40.9 Å². The second-order valence-corrected chi connectivity index (χ2v) is 6.38. The molecular formula is C21H23N5O4. The van der Waals surface area contributed by atoms with Crippen molar-refractivity contribution in [2.75, 3.05) is 25.6 Å². The zero-order valence-electron chi connectivity index (χ0n) is 16.6. The van der Waals surface area contributed by atoms with Crippen molar-refractivity contribution in [2.45, 2.75) is 13.1 Å². The van der Waals surface area contributed by atoms with Crippen LogP contribution in [0.5, 0.6) is 5.88 Å². The maximum atomic E-state index is 12.2. The molecule has 2 N–H and O–H groups in total. The van der Waals surface area contributed by atoms with Crippen LogP contribution < -0.4 is 21.1 Å². The number of aromatic nitrogens is 3. The van der Waals surface area contributed by atoms with E-state index in [0.29, 0.717) is 37.9 Å². The standard InChI is InChI=1S/C21H23N5O4/c1-29-10-11-30-19-7-6-17(13-23-19)14-24-20(27)25-18-5-2-4-16(12-18)15-26-9-3-8-22-21(26)28/h2-9,12-13H,10-11,14-15H2,1H3,(H2,24,25,27). The summed E-state index contributed by atoms with van der Waals surface area (Å²) in [7, 11) is 1.61. The van der Waals surface area contributed by atoms with Gasteiger partial charge in [0.2, 0.25) is 5.88 Å². The molecule has 1 aromatic carbocycles. The molecule has 0 aliphatic heterocycles. The Hall–Kier alpha value is -3.72. The third kappa shape index (κ3) is 6.42. The number of hydrogen-bond donors (Lipinski definition) is 2. The van der Waals surface area contributed by atoms with Crippen molar-refractivity contribution in [1.82, 2.24) is 19.9 Å². The zero-order chi connectivity index (χ0) is 21.2. The number of pyridine rings is 1. The van der Waals surface area contributed by atoms with Crippen LogP contribution in [0, 0.1) is 0 Å². The summed E-state index contributed by atoms with van der Waals surface area (Å²) >= 11 is 0. The van der Waals surface area contributed by atoms with Gasteiger partial charge in [-0.3, -0.25) is 4.57 Å². The van der Waals surface area contributed by atoms with Crippen LogP contribution in [0.3, 0.4) is 0 Å². The Balaban J connectivity index is 1.50. The Kier molecular flexibility index (Phi) is 7.51. The lowest BCUT2D eigenvalue weighted by Crippen LogP contribution is -2.28. The Morgan fingerprint density at radius 2 is 2.00 bits per heavy atom. The summed E-state index contributed by atoms with van der Waals surface area (Å²) in [4.78, 5) is 31.9. The number of carbonyl (C=O) groups is 1. The van der Waals surface area contributed by atoms with Crippen LogP contribution in [0.2, 0.25) is 0 Å². The number of benzene rings is 1. The van der Waals surface area contributed by atoms with E-state index in [0.717, 1.165) is 11.1 Å². The summed E-state index contributed by atoms with van der Waals surface area (Å²) in [6, 6.07) is 12.2. The molecule has 30 heavy (non-hydrogen) atoms.